The van der Waals surface area contributed by atoms with Crippen molar-refractivity contribution in [3.8, 4) is 0 Å². The van der Waals surface area contributed by atoms with Gasteiger partial charge in [0.05, 0.1) is 0 Å². The zero-order chi connectivity index (χ0) is 3.54. The first kappa shape index (κ1) is 10.9. The molecule has 1 fully saturated rings. The van der Waals surface area contributed by atoms with Crippen molar-refractivity contribution < 1.29 is 34.3 Å². The predicted molar refractivity (Wildman–Crippen MR) is 26.5 cm³/mol. The van der Waals surface area contributed by atoms with E-state index in [1.54, 1.807) is 0 Å². The molecular weight excluding hydrogens is 99.0 g/mol. The minimum atomic E-state index is 0. The van der Waals surface area contributed by atoms with E-state index in [-0.39, 0.29) is 37.0 Å². The predicted octanol–water partition coefficient (Wildman–Crippen LogP) is -1.75. The van der Waals surface area contributed by atoms with Gasteiger partial charge in [0, 0.05) is 13.2 Å². The summed E-state index contributed by atoms with van der Waals surface area (Å²) in [4.78, 5) is 0. The second-order valence-electron chi connectivity index (χ2n) is 1.32. The fourth-order valence-corrected chi connectivity index (χ4v) is 0.510. The molecule has 0 N–H and O–H groups in total. The summed E-state index contributed by atoms with van der Waals surface area (Å²) in [5.41, 5.74) is 0. The van der Waals surface area contributed by atoms with Gasteiger partial charge in [-0.1, -0.05) is 0 Å². The molecule has 0 amide bonds. The Morgan fingerprint density at radius 1 is 1.00 bits per heavy atom. The van der Waals surface area contributed by atoms with Crippen LogP contribution in [-0.4, -0.2) is 13.2 Å². The van der Waals surface area contributed by atoms with Crippen molar-refractivity contribution in [3.63, 3.8) is 0 Å². The molecule has 38 valence electrons. The van der Waals surface area contributed by atoms with E-state index < -0.39 is 0 Å². The van der Waals surface area contributed by atoms with E-state index in [0.29, 0.717) is 0 Å². The van der Waals surface area contributed by atoms with Gasteiger partial charge in [0.15, 0.2) is 0 Å². The van der Waals surface area contributed by atoms with Gasteiger partial charge in [-0.15, -0.1) is 0 Å². The van der Waals surface area contributed by atoms with Gasteiger partial charge in [-0.25, -0.2) is 0 Å². The molecule has 0 radical (unpaired) electrons. The normalized spacial score (nSPS) is 17.1. The van der Waals surface area contributed by atoms with Crippen LogP contribution in [-0.2, 0) is 4.74 Å². The first-order chi connectivity index (χ1) is 2.50. The van der Waals surface area contributed by atoms with Crippen LogP contribution in [0.3, 0.4) is 0 Å². The van der Waals surface area contributed by atoms with Crippen molar-refractivity contribution in [2.24, 2.45) is 0 Å². The minimum Gasteiger partial charge on any atom is -0.381 e. The summed E-state index contributed by atoms with van der Waals surface area (Å²) in [6.45, 7) is 2.00. The van der Waals surface area contributed by atoms with E-state index in [9.17, 15) is 0 Å². The van der Waals surface area contributed by atoms with Crippen molar-refractivity contribution in [3.05, 3.63) is 7.43 Å². The van der Waals surface area contributed by atoms with Crippen LogP contribution in [0.25, 0.3) is 0 Å². The van der Waals surface area contributed by atoms with Crippen LogP contribution in [0, 0.1) is 7.43 Å². The number of rotatable bonds is 0. The SMILES string of the molecule is C1CCOC1.[CH3-].[Na+]. The van der Waals surface area contributed by atoms with Gasteiger partial charge in [-0.3, -0.25) is 0 Å². The summed E-state index contributed by atoms with van der Waals surface area (Å²) in [5, 5.41) is 0. The van der Waals surface area contributed by atoms with Gasteiger partial charge in [0.2, 0.25) is 0 Å². The molecule has 2 heteroatoms. The van der Waals surface area contributed by atoms with Crippen LogP contribution in [0.1, 0.15) is 12.8 Å². The first-order valence-corrected chi connectivity index (χ1v) is 2.08. The average molecular weight is 110 g/mol. The van der Waals surface area contributed by atoms with Gasteiger partial charge in [-0.05, 0) is 12.8 Å². The van der Waals surface area contributed by atoms with E-state index >= 15 is 0 Å². The maximum Gasteiger partial charge on any atom is 1.00 e. The average Bonchev–Trinajstić information content (AvgIpc) is 1.76. The third-order valence-corrected chi connectivity index (χ3v) is 0.827. The first-order valence-electron chi connectivity index (χ1n) is 2.08. The molecule has 1 nitrogen and oxygen atoms in total. The van der Waals surface area contributed by atoms with Gasteiger partial charge < -0.3 is 12.2 Å². The van der Waals surface area contributed by atoms with Crippen molar-refractivity contribution >= 4 is 0 Å². The Bertz CT molecular complexity index is 19.7. The molecule has 0 atom stereocenters. The molecule has 0 bridgehead atoms. The maximum absolute atomic E-state index is 4.94. The number of hydrogen-bond donors (Lipinski definition) is 0. The Morgan fingerprint density at radius 3 is 1.57 bits per heavy atom. The monoisotopic (exact) mass is 110 g/mol. The fraction of sp³-hybridized carbons (Fsp3) is 0.800. The Labute approximate surface area is 67.7 Å². The summed E-state index contributed by atoms with van der Waals surface area (Å²) in [7, 11) is 0. The van der Waals surface area contributed by atoms with E-state index in [1.807, 2.05) is 0 Å². The smallest absolute Gasteiger partial charge is 0.381 e. The molecule has 1 rings (SSSR count). The van der Waals surface area contributed by atoms with Gasteiger partial charge in [0.1, 0.15) is 0 Å². The topological polar surface area (TPSA) is 9.23 Å². The number of ether oxygens (including phenoxy) is 1. The van der Waals surface area contributed by atoms with Gasteiger partial charge in [-0.2, -0.15) is 0 Å². The van der Waals surface area contributed by atoms with Crippen LogP contribution in [0.5, 0.6) is 0 Å². The van der Waals surface area contributed by atoms with Crippen molar-refractivity contribution in [2.75, 3.05) is 13.2 Å². The molecule has 0 spiro atoms. The van der Waals surface area contributed by atoms with E-state index in [2.05, 4.69) is 0 Å². The number of hydrogen-bond acceptors (Lipinski definition) is 1. The van der Waals surface area contributed by atoms with Gasteiger partial charge in [0.25, 0.3) is 0 Å². The third-order valence-electron chi connectivity index (χ3n) is 0.827. The standard InChI is InChI=1S/C4H8O.CH3.Na/c1-2-4-5-3-1;;/h1-4H2;1H3;/q;-1;+1. The molecule has 0 aromatic rings. The Balaban J connectivity index is 0. The molecule has 1 aliphatic rings. The maximum atomic E-state index is 4.94. The summed E-state index contributed by atoms with van der Waals surface area (Å²) in [5.74, 6) is 0. The summed E-state index contributed by atoms with van der Waals surface area (Å²) < 4.78 is 4.94. The molecular formula is C5H11NaO. The Kier molecular flexibility index (Phi) is 10.8. The third kappa shape index (κ3) is 4.82. The largest absolute Gasteiger partial charge is 1.00 e. The molecule has 1 aliphatic heterocycles. The van der Waals surface area contributed by atoms with E-state index in [0.717, 1.165) is 13.2 Å². The van der Waals surface area contributed by atoms with E-state index in [1.165, 1.54) is 12.8 Å². The zero-order valence-corrected chi connectivity index (χ0v) is 7.24. The molecule has 1 heterocycles. The molecule has 0 aromatic carbocycles. The van der Waals surface area contributed by atoms with Crippen LogP contribution < -0.4 is 29.6 Å². The summed E-state index contributed by atoms with van der Waals surface area (Å²) in [6, 6.07) is 0. The Hall–Kier alpha value is 0.960. The van der Waals surface area contributed by atoms with Crippen molar-refractivity contribution in [1.82, 2.24) is 0 Å². The second kappa shape index (κ2) is 6.96. The molecule has 0 unspecified atom stereocenters. The van der Waals surface area contributed by atoms with Crippen LogP contribution >= 0.6 is 0 Å². The van der Waals surface area contributed by atoms with Crippen LogP contribution in [0.4, 0.5) is 0 Å². The fourth-order valence-electron chi connectivity index (χ4n) is 0.510. The van der Waals surface area contributed by atoms with Crippen LogP contribution in [0.15, 0.2) is 0 Å². The molecule has 7 heavy (non-hydrogen) atoms. The molecule has 1 saturated heterocycles. The van der Waals surface area contributed by atoms with Crippen molar-refractivity contribution in [2.45, 2.75) is 12.8 Å². The van der Waals surface area contributed by atoms with E-state index in [4.69, 9.17) is 4.74 Å². The molecule has 0 saturated carbocycles. The quantitative estimate of drug-likeness (QED) is 0.265. The zero-order valence-electron chi connectivity index (χ0n) is 5.24. The summed E-state index contributed by atoms with van der Waals surface area (Å²) >= 11 is 0. The van der Waals surface area contributed by atoms with Crippen LogP contribution in [0.2, 0.25) is 0 Å². The second-order valence-corrected chi connectivity index (χ2v) is 1.32. The summed E-state index contributed by atoms with van der Waals surface area (Å²) in [6.07, 6.45) is 2.56. The van der Waals surface area contributed by atoms with Crippen molar-refractivity contribution in [1.29, 1.82) is 0 Å². The minimum absolute atomic E-state index is 0. The Morgan fingerprint density at radius 2 is 1.43 bits per heavy atom. The molecule has 0 aromatic heterocycles. The van der Waals surface area contributed by atoms with Gasteiger partial charge >= 0.3 is 29.6 Å². The molecule has 0 aliphatic carbocycles.